The molecule has 0 bridgehead atoms. The van der Waals surface area contributed by atoms with Crippen LogP contribution in [0.2, 0.25) is 10.0 Å². The van der Waals surface area contributed by atoms with Gasteiger partial charge in [-0.2, -0.15) is 13.2 Å². The molecule has 2 aliphatic rings. The first-order valence-corrected chi connectivity index (χ1v) is 13.9. The molecule has 2 fully saturated rings. The van der Waals surface area contributed by atoms with Crippen LogP contribution in [0.5, 0.6) is 0 Å². The summed E-state index contributed by atoms with van der Waals surface area (Å²) in [4.78, 5) is 32.1. The van der Waals surface area contributed by atoms with E-state index in [4.69, 9.17) is 23.2 Å². The molecule has 0 N–H and O–H groups in total. The Hall–Kier alpha value is -2.06. The van der Waals surface area contributed by atoms with Crippen molar-refractivity contribution in [2.75, 3.05) is 13.1 Å². The monoisotopic (exact) mass is 571 g/mol. The van der Waals surface area contributed by atoms with Crippen LogP contribution in [0, 0.1) is 17.3 Å². The van der Waals surface area contributed by atoms with Gasteiger partial charge in [0.25, 0.3) is 5.91 Å². The molecule has 0 atom stereocenters. The zero-order valence-corrected chi connectivity index (χ0v) is 23.5. The number of hydrogen-bond acceptors (Lipinski definition) is 3. The minimum absolute atomic E-state index is 0.0122. The van der Waals surface area contributed by atoms with Gasteiger partial charge in [0.1, 0.15) is 5.69 Å². The van der Waals surface area contributed by atoms with Crippen LogP contribution in [0.25, 0.3) is 0 Å². The fourth-order valence-electron chi connectivity index (χ4n) is 5.81. The SMILES string of the molecule is CC(C)(C)C1CC(CN(CC(=O)c2c(Cl)cncc2Cl)C(=O)c2ccn(C3CCCCC3)c2C(F)(F)F)C1. The van der Waals surface area contributed by atoms with E-state index >= 15 is 0 Å². The van der Waals surface area contributed by atoms with Gasteiger partial charge >= 0.3 is 6.18 Å². The summed E-state index contributed by atoms with van der Waals surface area (Å²) >= 11 is 12.3. The summed E-state index contributed by atoms with van der Waals surface area (Å²) in [6.45, 7) is 6.21. The summed E-state index contributed by atoms with van der Waals surface area (Å²) < 4.78 is 44.4. The van der Waals surface area contributed by atoms with E-state index in [1.165, 1.54) is 34.1 Å². The molecule has 2 aromatic rings. The van der Waals surface area contributed by atoms with Gasteiger partial charge in [-0.1, -0.05) is 63.2 Å². The summed E-state index contributed by atoms with van der Waals surface area (Å²) in [6.07, 6.45) is 4.89. The number of Topliss-reactive ketones (excluding diaryl/α,β-unsaturated/α-hetero) is 1. The number of nitrogens with zero attached hydrogens (tertiary/aromatic N) is 3. The molecule has 1 amide bonds. The molecule has 2 aromatic heterocycles. The molecule has 0 unspecified atom stereocenters. The third-order valence-electron chi connectivity index (χ3n) is 8.08. The first-order chi connectivity index (χ1) is 17.8. The maximum Gasteiger partial charge on any atom is 0.432 e. The number of carbonyl (C=O) groups is 2. The zero-order valence-electron chi connectivity index (χ0n) is 22.0. The molecule has 0 saturated heterocycles. The standard InChI is InChI=1S/C28H34Cl2F3N3O2/c1-27(2,3)18-11-17(12-18)15-35(16-23(37)24-21(29)13-34-14-22(24)30)26(38)20-9-10-36(25(20)28(31,32)33)19-7-5-4-6-8-19/h9-10,13-14,17-19H,4-8,11-12,15-16H2,1-3H3. The summed E-state index contributed by atoms with van der Waals surface area (Å²) in [5.74, 6) is -0.806. The van der Waals surface area contributed by atoms with Crippen molar-refractivity contribution in [1.82, 2.24) is 14.5 Å². The van der Waals surface area contributed by atoms with Crippen LogP contribution >= 0.6 is 23.2 Å². The molecule has 0 spiro atoms. The number of alkyl halides is 3. The van der Waals surface area contributed by atoms with Crippen molar-refractivity contribution in [2.24, 2.45) is 17.3 Å². The van der Waals surface area contributed by atoms with E-state index < -0.39 is 35.7 Å². The average molecular weight is 572 g/mol. The van der Waals surface area contributed by atoms with Crippen LogP contribution in [-0.2, 0) is 6.18 Å². The van der Waals surface area contributed by atoms with Crippen LogP contribution in [0.3, 0.4) is 0 Å². The van der Waals surface area contributed by atoms with Crippen LogP contribution < -0.4 is 0 Å². The van der Waals surface area contributed by atoms with Crippen molar-refractivity contribution >= 4 is 34.9 Å². The molecule has 0 aliphatic heterocycles. The molecule has 4 rings (SSSR count). The zero-order chi connectivity index (χ0) is 27.8. The van der Waals surface area contributed by atoms with Gasteiger partial charge in [-0.25, -0.2) is 0 Å². The topological polar surface area (TPSA) is 55.2 Å². The van der Waals surface area contributed by atoms with Crippen molar-refractivity contribution in [1.29, 1.82) is 0 Å². The average Bonchev–Trinajstić information content (AvgIpc) is 3.25. The molecule has 2 saturated carbocycles. The van der Waals surface area contributed by atoms with Gasteiger partial charge in [0.15, 0.2) is 5.78 Å². The Balaban J connectivity index is 1.65. The van der Waals surface area contributed by atoms with Crippen LogP contribution in [0.4, 0.5) is 13.2 Å². The van der Waals surface area contributed by atoms with Gasteiger partial charge < -0.3 is 9.47 Å². The fraction of sp³-hybridized carbons (Fsp3) is 0.607. The van der Waals surface area contributed by atoms with Crippen LogP contribution in [0.15, 0.2) is 24.7 Å². The Bertz CT molecular complexity index is 1160. The highest BCUT2D eigenvalue weighted by Gasteiger charge is 2.43. The van der Waals surface area contributed by atoms with Crippen molar-refractivity contribution in [3.8, 4) is 0 Å². The highest BCUT2D eigenvalue weighted by molar-refractivity contribution is 6.39. The van der Waals surface area contributed by atoms with Gasteiger partial charge in [-0.05, 0) is 49.0 Å². The van der Waals surface area contributed by atoms with Crippen molar-refractivity contribution in [3.05, 3.63) is 51.5 Å². The minimum Gasteiger partial charge on any atom is -0.340 e. The molecular formula is C28H34Cl2F3N3O2. The number of hydrogen-bond donors (Lipinski definition) is 0. The normalized spacial score (nSPS) is 20.7. The fourth-order valence-corrected chi connectivity index (χ4v) is 6.38. The van der Waals surface area contributed by atoms with Crippen molar-refractivity contribution in [2.45, 2.75) is 77.9 Å². The van der Waals surface area contributed by atoms with Gasteiger partial charge in [0.05, 0.1) is 27.7 Å². The van der Waals surface area contributed by atoms with E-state index in [1.54, 1.807) is 0 Å². The predicted octanol–water partition coefficient (Wildman–Crippen LogP) is 8.11. The van der Waals surface area contributed by atoms with Crippen LogP contribution in [-0.4, -0.2) is 39.2 Å². The largest absolute Gasteiger partial charge is 0.432 e. The maximum atomic E-state index is 14.4. The number of ketones is 1. The van der Waals surface area contributed by atoms with Gasteiger partial charge in [0.2, 0.25) is 0 Å². The van der Waals surface area contributed by atoms with Crippen molar-refractivity contribution < 1.29 is 22.8 Å². The summed E-state index contributed by atoms with van der Waals surface area (Å²) in [7, 11) is 0. The van der Waals surface area contributed by atoms with Crippen molar-refractivity contribution in [3.63, 3.8) is 0 Å². The summed E-state index contributed by atoms with van der Waals surface area (Å²) in [5, 5.41) is 0.0662. The Morgan fingerprint density at radius 2 is 1.66 bits per heavy atom. The second-order valence-electron chi connectivity index (χ2n) is 11.8. The van der Waals surface area contributed by atoms with Gasteiger partial charge in [-0.15, -0.1) is 0 Å². The Morgan fingerprint density at radius 3 is 2.21 bits per heavy atom. The summed E-state index contributed by atoms with van der Waals surface area (Å²) in [5.41, 5.74) is -1.25. The van der Waals surface area contributed by atoms with E-state index in [1.807, 2.05) is 0 Å². The quantitative estimate of drug-likeness (QED) is 0.315. The molecule has 2 heterocycles. The van der Waals surface area contributed by atoms with Crippen LogP contribution in [0.1, 0.15) is 98.2 Å². The molecule has 0 aromatic carbocycles. The van der Waals surface area contributed by atoms with E-state index in [0.29, 0.717) is 18.8 Å². The molecule has 2 aliphatic carbocycles. The molecule has 38 heavy (non-hydrogen) atoms. The second-order valence-corrected chi connectivity index (χ2v) is 12.6. The van der Waals surface area contributed by atoms with Gasteiger partial charge in [0, 0.05) is 31.2 Å². The minimum atomic E-state index is -4.72. The first kappa shape index (κ1) is 28.9. The van der Waals surface area contributed by atoms with E-state index in [9.17, 15) is 22.8 Å². The third kappa shape index (κ3) is 6.22. The highest BCUT2D eigenvalue weighted by atomic mass is 35.5. The number of aromatic nitrogens is 2. The number of rotatable bonds is 7. The lowest BCUT2D eigenvalue weighted by Crippen LogP contribution is -2.45. The number of pyridine rings is 1. The molecule has 5 nitrogen and oxygen atoms in total. The number of halogens is 5. The Morgan fingerprint density at radius 1 is 1.05 bits per heavy atom. The number of carbonyl (C=O) groups excluding carboxylic acids is 2. The highest BCUT2D eigenvalue weighted by Crippen LogP contribution is 2.46. The van der Waals surface area contributed by atoms with E-state index in [0.717, 1.165) is 32.1 Å². The van der Waals surface area contributed by atoms with E-state index in [-0.39, 0.29) is 39.5 Å². The first-order valence-electron chi connectivity index (χ1n) is 13.2. The molecule has 0 radical (unpaired) electrons. The van der Waals surface area contributed by atoms with E-state index in [2.05, 4.69) is 25.8 Å². The lowest BCUT2D eigenvalue weighted by molar-refractivity contribution is -0.144. The predicted molar refractivity (Wildman–Crippen MR) is 142 cm³/mol. The summed E-state index contributed by atoms with van der Waals surface area (Å²) in [6, 6.07) is 0.952. The maximum absolute atomic E-state index is 14.4. The molecule has 10 heteroatoms. The molecule has 208 valence electrons. The van der Waals surface area contributed by atoms with Gasteiger partial charge in [-0.3, -0.25) is 14.6 Å². The lowest BCUT2D eigenvalue weighted by Gasteiger charge is -2.45. The lowest BCUT2D eigenvalue weighted by atomic mass is 9.63. The third-order valence-corrected chi connectivity index (χ3v) is 8.65. The smallest absolute Gasteiger partial charge is 0.340 e. The Labute approximate surface area is 231 Å². The molecular weight excluding hydrogens is 538 g/mol. The second kappa shape index (κ2) is 11.2. The number of amides is 1. The Kier molecular flexibility index (Phi) is 8.53.